The summed E-state index contributed by atoms with van der Waals surface area (Å²) in [6.07, 6.45) is 4.19. The van der Waals surface area contributed by atoms with Gasteiger partial charge in [-0.3, -0.25) is 9.59 Å². The average molecular weight is 264 g/mol. The monoisotopic (exact) mass is 264 g/mol. The number of carboxylic acids is 1. The molecule has 2 saturated carbocycles. The van der Waals surface area contributed by atoms with Gasteiger partial charge in [-0.05, 0) is 31.1 Å². The van der Waals surface area contributed by atoms with E-state index in [9.17, 15) is 14.7 Å². The van der Waals surface area contributed by atoms with E-state index in [2.05, 4.69) is 15.3 Å². The number of hydrogen-bond acceptors (Lipinski definition) is 5. The summed E-state index contributed by atoms with van der Waals surface area (Å²) in [5.41, 5.74) is 5.26. The van der Waals surface area contributed by atoms with E-state index in [4.69, 9.17) is 5.73 Å². The molecule has 4 unspecified atom stereocenters. The fourth-order valence-electron chi connectivity index (χ4n) is 3.54. The second-order valence-corrected chi connectivity index (χ2v) is 5.36. The summed E-state index contributed by atoms with van der Waals surface area (Å²) in [5.74, 6) is -0.366. The molecule has 2 aliphatic carbocycles. The molecule has 1 aromatic rings. The number of fused-ring (bicyclic) bond motifs is 2. The molecule has 7 heteroatoms. The van der Waals surface area contributed by atoms with Crippen LogP contribution in [-0.2, 0) is 4.79 Å². The minimum atomic E-state index is -0.784. The van der Waals surface area contributed by atoms with E-state index in [0.717, 1.165) is 19.3 Å². The number of nitrogens with zero attached hydrogens (tertiary/aromatic N) is 1. The molecule has 0 saturated heterocycles. The van der Waals surface area contributed by atoms with Crippen LogP contribution >= 0.6 is 0 Å². The summed E-state index contributed by atoms with van der Waals surface area (Å²) < 4.78 is 0. The molecular weight excluding hydrogens is 248 g/mol. The Hall–Kier alpha value is -2.05. The van der Waals surface area contributed by atoms with Crippen molar-refractivity contribution in [3.8, 4) is 0 Å². The number of H-pyrrole nitrogens is 1. The first-order valence-corrected chi connectivity index (χ1v) is 6.40. The number of anilines is 2. The highest BCUT2D eigenvalue weighted by Gasteiger charge is 2.51. The van der Waals surface area contributed by atoms with Crippen molar-refractivity contribution in [2.24, 2.45) is 17.8 Å². The van der Waals surface area contributed by atoms with E-state index < -0.39 is 17.4 Å². The Labute approximate surface area is 109 Å². The summed E-state index contributed by atoms with van der Waals surface area (Å²) in [6, 6.07) is -0.187. The molecule has 2 aliphatic rings. The Morgan fingerprint density at radius 1 is 1.47 bits per heavy atom. The van der Waals surface area contributed by atoms with Crippen molar-refractivity contribution in [1.29, 1.82) is 0 Å². The molecule has 3 rings (SSSR count). The Balaban J connectivity index is 1.88. The van der Waals surface area contributed by atoms with Crippen molar-refractivity contribution in [3.05, 3.63) is 16.7 Å². The molecule has 102 valence electrons. The van der Waals surface area contributed by atoms with E-state index in [1.165, 1.54) is 6.33 Å². The van der Waals surface area contributed by atoms with E-state index in [0.29, 0.717) is 5.92 Å². The fourth-order valence-corrected chi connectivity index (χ4v) is 3.54. The molecule has 0 radical (unpaired) electrons. The third-order valence-electron chi connectivity index (χ3n) is 4.39. The Bertz CT molecular complexity index is 570. The van der Waals surface area contributed by atoms with Gasteiger partial charge < -0.3 is 21.1 Å². The van der Waals surface area contributed by atoms with Gasteiger partial charge in [0.1, 0.15) is 5.69 Å². The van der Waals surface area contributed by atoms with Crippen molar-refractivity contribution in [2.75, 3.05) is 11.1 Å². The summed E-state index contributed by atoms with van der Waals surface area (Å²) >= 11 is 0. The zero-order valence-electron chi connectivity index (χ0n) is 10.3. The third-order valence-corrected chi connectivity index (χ3v) is 4.39. The Morgan fingerprint density at radius 2 is 2.21 bits per heavy atom. The Morgan fingerprint density at radius 3 is 2.95 bits per heavy atom. The van der Waals surface area contributed by atoms with Crippen LogP contribution < -0.4 is 16.6 Å². The minimum Gasteiger partial charge on any atom is -0.481 e. The lowest BCUT2D eigenvalue weighted by molar-refractivity contribution is -0.143. The second-order valence-electron chi connectivity index (χ2n) is 5.36. The van der Waals surface area contributed by atoms with Gasteiger partial charge in [-0.1, -0.05) is 0 Å². The number of carbonyl (C=O) groups is 1. The smallest absolute Gasteiger partial charge is 0.308 e. The van der Waals surface area contributed by atoms with Crippen LogP contribution in [0.4, 0.5) is 11.5 Å². The zero-order valence-corrected chi connectivity index (χ0v) is 10.3. The van der Waals surface area contributed by atoms with Crippen LogP contribution in [-0.4, -0.2) is 27.1 Å². The van der Waals surface area contributed by atoms with Gasteiger partial charge in [-0.15, -0.1) is 0 Å². The molecule has 1 heterocycles. The molecule has 1 aromatic heterocycles. The number of nitrogens with one attached hydrogen (secondary N) is 2. The van der Waals surface area contributed by atoms with Gasteiger partial charge in [0.25, 0.3) is 5.56 Å². The number of aromatic amines is 1. The molecule has 0 amide bonds. The van der Waals surface area contributed by atoms with Crippen LogP contribution in [0.15, 0.2) is 11.1 Å². The maximum absolute atomic E-state index is 11.4. The second kappa shape index (κ2) is 4.25. The molecule has 4 atom stereocenters. The highest BCUT2D eigenvalue weighted by molar-refractivity contribution is 5.73. The van der Waals surface area contributed by atoms with Crippen molar-refractivity contribution >= 4 is 17.5 Å². The predicted molar refractivity (Wildman–Crippen MR) is 68.6 cm³/mol. The van der Waals surface area contributed by atoms with Crippen LogP contribution in [0.3, 0.4) is 0 Å². The SMILES string of the molecule is Nc1c(NC2C3CCC(C3)C2C(=O)O)nc[nH]c1=O. The number of nitrogen functional groups attached to an aromatic ring is 1. The average Bonchev–Trinajstić information content (AvgIpc) is 2.95. The first kappa shape index (κ1) is 12.0. The molecule has 19 heavy (non-hydrogen) atoms. The number of nitrogens with two attached hydrogens (primary N) is 1. The number of carboxylic acid groups (broad SMARTS) is 1. The first-order valence-electron chi connectivity index (χ1n) is 6.40. The molecular formula is C12H16N4O3. The number of hydrogen-bond donors (Lipinski definition) is 4. The minimum absolute atomic E-state index is 0.00872. The first-order chi connectivity index (χ1) is 9.08. The molecule has 2 bridgehead atoms. The maximum atomic E-state index is 11.4. The van der Waals surface area contributed by atoms with Gasteiger partial charge in [0.05, 0.1) is 12.2 Å². The lowest BCUT2D eigenvalue weighted by atomic mass is 9.84. The highest BCUT2D eigenvalue weighted by Crippen LogP contribution is 2.49. The van der Waals surface area contributed by atoms with Crippen molar-refractivity contribution < 1.29 is 9.90 Å². The number of rotatable bonds is 3. The van der Waals surface area contributed by atoms with E-state index in [1.807, 2.05) is 0 Å². The normalized spacial score (nSPS) is 32.4. The molecule has 5 N–H and O–H groups in total. The van der Waals surface area contributed by atoms with Gasteiger partial charge in [0, 0.05) is 6.04 Å². The summed E-state index contributed by atoms with van der Waals surface area (Å²) in [6.45, 7) is 0. The van der Waals surface area contributed by atoms with Crippen LogP contribution in [0.1, 0.15) is 19.3 Å². The third kappa shape index (κ3) is 1.85. The van der Waals surface area contributed by atoms with E-state index >= 15 is 0 Å². The van der Waals surface area contributed by atoms with Crippen molar-refractivity contribution in [1.82, 2.24) is 9.97 Å². The predicted octanol–water partition coefficient (Wildman–Crippen LogP) is 0.263. The molecule has 2 fully saturated rings. The topological polar surface area (TPSA) is 121 Å². The van der Waals surface area contributed by atoms with Crippen LogP contribution in [0.5, 0.6) is 0 Å². The number of aliphatic carboxylic acids is 1. The van der Waals surface area contributed by atoms with E-state index in [1.54, 1.807) is 0 Å². The molecule has 7 nitrogen and oxygen atoms in total. The summed E-state index contributed by atoms with van der Waals surface area (Å²) in [4.78, 5) is 29.2. The molecule has 0 spiro atoms. The quantitative estimate of drug-likeness (QED) is 0.621. The van der Waals surface area contributed by atoms with Crippen LogP contribution in [0, 0.1) is 17.8 Å². The van der Waals surface area contributed by atoms with Gasteiger partial charge in [-0.25, -0.2) is 4.98 Å². The summed E-state index contributed by atoms with van der Waals surface area (Å²) in [5, 5.41) is 12.4. The Kier molecular flexibility index (Phi) is 2.69. The lowest BCUT2D eigenvalue weighted by Gasteiger charge is -2.29. The van der Waals surface area contributed by atoms with Crippen molar-refractivity contribution in [3.63, 3.8) is 0 Å². The summed E-state index contributed by atoms with van der Waals surface area (Å²) in [7, 11) is 0. The van der Waals surface area contributed by atoms with Gasteiger partial charge in [0.15, 0.2) is 5.82 Å². The van der Waals surface area contributed by atoms with E-state index in [-0.39, 0.29) is 23.5 Å². The highest BCUT2D eigenvalue weighted by atomic mass is 16.4. The molecule has 0 aromatic carbocycles. The largest absolute Gasteiger partial charge is 0.481 e. The lowest BCUT2D eigenvalue weighted by Crippen LogP contribution is -2.40. The number of aromatic nitrogens is 2. The molecule has 0 aliphatic heterocycles. The van der Waals surface area contributed by atoms with Crippen LogP contribution in [0.25, 0.3) is 0 Å². The van der Waals surface area contributed by atoms with Gasteiger partial charge in [-0.2, -0.15) is 0 Å². The van der Waals surface area contributed by atoms with Crippen LogP contribution in [0.2, 0.25) is 0 Å². The van der Waals surface area contributed by atoms with Gasteiger partial charge >= 0.3 is 5.97 Å². The zero-order chi connectivity index (χ0) is 13.6. The standard InChI is InChI=1S/C12H16N4O3/c13-8-10(14-4-15-11(8)17)16-9-6-2-1-5(3-6)7(9)12(18)19/h4-7,9H,1-3,13H2,(H,18,19)(H2,14,15,16,17). The van der Waals surface area contributed by atoms with Crippen molar-refractivity contribution in [2.45, 2.75) is 25.3 Å². The van der Waals surface area contributed by atoms with Gasteiger partial charge in [0.2, 0.25) is 0 Å². The fraction of sp³-hybridized carbons (Fsp3) is 0.583. The maximum Gasteiger partial charge on any atom is 0.308 e.